The van der Waals surface area contributed by atoms with E-state index >= 15 is 0 Å². The molecule has 1 rings (SSSR count). The Bertz CT molecular complexity index is 671. The van der Waals surface area contributed by atoms with Gasteiger partial charge in [-0.15, -0.1) is 5.92 Å². The molecule has 0 aliphatic rings. The standard InChI is InChI=1S/C21H32N2O4/c1-7-8-11-22(2)19(15-27-16-21(24)25)13-17-9-10-20(26-6)18(12-17)14-23(3,4)5/h9-10,12,19H,11,13-16H2,1-6H3/p+1/t19-/m0/s1. The van der Waals surface area contributed by atoms with Crippen LogP contribution < -0.4 is 4.74 Å². The number of ether oxygens (including phenoxy) is 2. The zero-order chi connectivity index (χ0) is 20.4. The van der Waals surface area contributed by atoms with E-state index < -0.39 is 5.97 Å². The molecule has 0 amide bonds. The number of carboxylic acid groups (broad SMARTS) is 1. The summed E-state index contributed by atoms with van der Waals surface area (Å²) < 4.78 is 11.7. The van der Waals surface area contributed by atoms with Crippen LogP contribution in [0.5, 0.6) is 5.75 Å². The van der Waals surface area contributed by atoms with Crippen molar-refractivity contribution in [3.8, 4) is 17.6 Å². The van der Waals surface area contributed by atoms with Crippen molar-refractivity contribution in [1.29, 1.82) is 0 Å². The van der Waals surface area contributed by atoms with Gasteiger partial charge < -0.3 is 19.1 Å². The van der Waals surface area contributed by atoms with Gasteiger partial charge in [-0.3, -0.25) is 4.90 Å². The van der Waals surface area contributed by atoms with E-state index in [2.05, 4.69) is 50.0 Å². The number of benzene rings is 1. The summed E-state index contributed by atoms with van der Waals surface area (Å²) in [5.41, 5.74) is 2.32. The molecule has 0 aliphatic heterocycles. The average Bonchev–Trinajstić information content (AvgIpc) is 2.57. The smallest absolute Gasteiger partial charge is 0.329 e. The van der Waals surface area contributed by atoms with Gasteiger partial charge in [0.25, 0.3) is 0 Å². The lowest BCUT2D eigenvalue weighted by Gasteiger charge is -2.27. The van der Waals surface area contributed by atoms with Crippen LogP contribution in [0, 0.1) is 11.8 Å². The first-order chi connectivity index (χ1) is 12.7. The molecule has 0 radical (unpaired) electrons. The Morgan fingerprint density at radius 3 is 2.59 bits per heavy atom. The molecule has 150 valence electrons. The summed E-state index contributed by atoms with van der Waals surface area (Å²) in [6.07, 6.45) is 0.746. The molecule has 27 heavy (non-hydrogen) atoms. The Hall–Kier alpha value is -2.07. The highest BCUT2D eigenvalue weighted by atomic mass is 16.5. The van der Waals surface area contributed by atoms with Crippen LogP contribution in [0.3, 0.4) is 0 Å². The normalized spacial score (nSPS) is 12.4. The number of hydrogen-bond acceptors (Lipinski definition) is 4. The molecule has 0 bridgehead atoms. The molecular weight excluding hydrogens is 344 g/mol. The molecule has 0 heterocycles. The van der Waals surface area contributed by atoms with Crippen molar-refractivity contribution in [1.82, 2.24) is 4.90 Å². The Kier molecular flexibility index (Phi) is 9.30. The number of nitrogens with zero attached hydrogens (tertiary/aromatic N) is 2. The van der Waals surface area contributed by atoms with E-state index in [1.54, 1.807) is 7.11 Å². The third-order valence-electron chi connectivity index (χ3n) is 4.13. The Morgan fingerprint density at radius 1 is 1.33 bits per heavy atom. The minimum absolute atomic E-state index is 0.0376. The van der Waals surface area contributed by atoms with E-state index in [0.29, 0.717) is 13.2 Å². The molecule has 0 fully saturated rings. The Labute approximate surface area is 163 Å². The zero-order valence-electron chi connectivity index (χ0n) is 17.4. The molecule has 1 aromatic carbocycles. The largest absolute Gasteiger partial charge is 0.496 e. The van der Waals surface area contributed by atoms with E-state index in [-0.39, 0.29) is 12.6 Å². The van der Waals surface area contributed by atoms with Crippen LogP contribution in [0.1, 0.15) is 18.1 Å². The molecular formula is C21H33N2O4+. The molecule has 0 spiro atoms. The molecule has 0 unspecified atom stereocenters. The van der Waals surface area contributed by atoms with Gasteiger partial charge in [0.15, 0.2) is 0 Å². The first-order valence-corrected chi connectivity index (χ1v) is 9.02. The third-order valence-corrected chi connectivity index (χ3v) is 4.13. The quantitative estimate of drug-likeness (QED) is 0.471. The second kappa shape index (κ2) is 10.9. The summed E-state index contributed by atoms with van der Waals surface area (Å²) in [5, 5.41) is 8.82. The minimum Gasteiger partial charge on any atom is -0.496 e. The van der Waals surface area contributed by atoms with E-state index in [1.807, 2.05) is 20.0 Å². The van der Waals surface area contributed by atoms with Crippen molar-refractivity contribution in [2.24, 2.45) is 0 Å². The molecule has 6 heteroatoms. The zero-order valence-corrected chi connectivity index (χ0v) is 17.4. The highest BCUT2D eigenvalue weighted by Crippen LogP contribution is 2.23. The van der Waals surface area contributed by atoms with Crippen LogP contribution in [0.4, 0.5) is 0 Å². The second-order valence-electron chi connectivity index (χ2n) is 7.70. The summed E-state index contributed by atoms with van der Waals surface area (Å²) in [5.74, 6) is 5.88. The Balaban J connectivity index is 2.98. The van der Waals surface area contributed by atoms with Crippen LogP contribution >= 0.6 is 0 Å². The van der Waals surface area contributed by atoms with Crippen LogP contribution in [0.2, 0.25) is 0 Å². The number of rotatable bonds is 11. The van der Waals surface area contributed by atoms with Crippen molar-refractivity contribution in [2.45, 2.75) is 25.9 Å². The summed E-state index contributed by atoms with van der Waals surface area (Å²) in [6.45, 7) is 3.32. The predicted octanol–water partition coefficient (Wildman–Crippen LogP) is 1.87. The number of methoxy groups -OCH3 is 1. The van der Waals surface area contributed by atoms with Gasteiger partial charge in [-0.25, -0.2) is 4.79 Å². The van der Waals surface area contributed by atoms with Crippen LogP contribution in [-0.4, -0.2) is 81.6 Å². The molecule has 1 N–H and O–H groups in total. The van der Waals surface area contributed by atoms with E-state index in [1.165, 1.54) is 5.56 Å². The highest BCUT2D eigenvalue weighted by Gasteiger charge is 2.19. The first kappa shape index (κ1) is 23.0. The van der Waals surface area contributed by atoms with Gasteiger partial charge in [-0.1, -0.05) is 12.0 Å². The maximum atomic E-state index is 10.8. The van der Waals surface area contributed by atoms with Crippen molar-refractivity contribution in [2.75, 3.05) is 55.1 Å². The number of hydrogen-bond donors (Lipinski definition) is 1. The van der Waals surface area contributed by atoms with E-state index in [9.17, 15) is 4.79 Å². The van der Waals surface area contributed by atoms with Gasteiger partial charge in [-0.05, 0) is 38.1 Å². The number of aliphatic carboxylic acids is 1. The molecule has 0 saturated carbocycles. The number of carbonyl (C=O) groups is 1. The number of likely N-dealkylation sites (N-methyl/N-ethyl adjacent to an activating group) is 1. The van der Waals surface area contributed by atoms with Gasteiger partial charge in [0.1, 0.15) is 18.9 Å². The van der Waals surface area contributed by atoms with Crippen molar-refractivity contribution in [3.63, 3.8) is 0 Å². The molecule has 0 saturated heterocycles. The van der Waals surface area contributed by atoms with E-state index in [4.69, 9.17) is 14.6 Å². The number of carboxylic acids is 1. The summed E-state index contributed by atoms with van der Waals surface area (Å²) in [4.78, 5) is 12.9. The fourth-order valence-electron chi connectivity index (χ4n) is 2.82. The second-order valence-corrected chi connectivity index (χ2v) is 7.70. The summed E-state index contributed by atoms with van der Waals surface area (Å²) >= 11 is 0. The van der Waals surface area contributed by atoms with Crippen LogP contribution in [-0.2, 0) is 22.5 Å². The number of quaternary nitrogens is 1. The Morgan fingerprint density at radius 2 is 2.04 bits per heavy atom. The summed E-state index contributed by atoms with van der Waals surface area (Å²) in [7, 11) is 10.1. The van der Waals surface area contributed by atoms with Gasteiger partial charge >= 0.3 is 5.97 Å². The molecule has 1 atom stereocenters. The lowest BCUT2D eigenvalue weighted by Crippen LogP contribution is -2.38. The van der Waals surface area contributed by atoms with Gasteiger partial charge in [-0.2, -0.15) is 0 Å². The lowest BCUT2D eigenvalue weighted by molar-refractivity contribution is -0.884. The van der Waals surface area contributed by atoms with E-state index in [0.717, 1.165) is 28.8 Å². The van der Waals surface area contributed by atoms with Crippen molar-refractivity contribution >= 4 is 5.97 Å². The summed E-state index contributed by atoms with van der Waals surface area (Å²) in [6, 6.07) is 6.27. The fraction of sp³-hybridized carbons (Fsp3) is 0.571. The van der Waals surface area contributed by atoms with Gasteiger partial charge in [0.05, 0.1) is 41.4 Å². The highest BCUT2D eigenvalue weighted by molar-refractivity contribution is 5.67. The predicted molar refractivity (Wildman–Crippen MR) is 107 cm³/mol. The monoisotopic (exact) mass is 377 g/mol. The van der Waals surface area contributed by atoms with Crippen molar-refractivity contribution < 1.29 is 23.9 Å². The lowest BCUT2D eigenvalue weighted by atomic mass is 10.0. The van der Waals surface area contributed by atoms with Crippen LogP contribution in [0.25, 0.3) is 0 Å². The average molecular weight is 378 g/mol. The maximum absolute atomic E-state index is 10.8. The minimum atomic E-state index is -0.959. The molecule has 1 aromatic rings. The maximum Gasteiger partial charge on any atom is 0.329 e. The van der Waals surface area contributed by atoms with Crippen LogP contribution in [0.15, 0.2) is 18.2 Å². The fourth-order valence-corrected chi connectivity index (χ4v) is 2.82. The molecule has 6 nitrogen and oxygen atoms in total. The van der Waals surface area contributed by atoms with Gasteiger partial charge in [0, 0.05) is 11.6 Å². The van der Waals surface area contributed by atoms with Gasteiger partial charge in [0.2, 0.25) is 0 Å². The first-order valence-electron chi connectivity index (χ1n) is 9.02. The third kappa shape index (κ3) is 8.91. The SMILES string of the molecule is CC#CCN(C)[C@H](COCC(=O)O)Cc1ccc(OC)c(C[N+](C)(C)C)c1. The van der Waals surface area contributed by atoms with Crippen molar-refractivity contribution in [3.05, 3.63) is 29.3 Å². The topological polar surface area (TPSA) is 59.0 Å². The molecule has 0 aromatic heterocycles. The molecule has 0 aliphatic carbocycles.